The second-order valence-corrected chi connectivity index (χ2v) is 10.9. The van der Waals surface area contributed by atoms with Gasteiger partial charge in [-0.25, -0.2) is 8.42 Å². The molecule has 1 aliphatic rings. The van der Waals surface area contributed by atoms with Crippen molar-refractivity contribution in [2.45, 2.75) is 39.2 Å². The summed E-state index contributed by atoms with van der Waals surface area (Å²) in [5.41, 5.74) is 2.00. The lowest BCUT2D eigenvalue weighted by Crippen LogP contribution is -2.37. The second kappa shape index (κ2) is 10.5. The van der Waals surface area contributed by atoms with Crippen LogP contribution in [0.3, 0.4) is 0 Å². The molecule has 0 atom stereocenters. The van der Waals surface area contributed by atoms with Crippen LogP contribution >= 0.6 is 11.3 Å². The summed E-state index contributed by atoms with van der Waals surface area (Å²) in [5, 5.41) is 0. The summed E-state index contributed by atoms with van der Waals surface area (Å²) in [4.78, 5) is 31.0. The maximum Gasteiger partial charge on any atom is 0.263 e. The zero-order valence-corrected chi connectivity index (χ0v) is 19.6. The van der Waals surface area contributed by atoms with Gasteiger partial charge in [0.25, 0.3) is 5.91 Å². The lowest BCUT2D eigenvalue weighted by Gasteiger charge is -2.19. The number of carbonyl (C=O) groups is 2. The summed E-state index contributed by atoms with van der Waals surface area (Å²) >= 11 is 1.33. The number of benzene rings is 1. The summed E-state index contributed by atoms with van der Waals surface area (Å²) in [6.45, 7) is 4.06. The minimum Gasteiger partial charge on any atom is -0.383 e. The smallest absolute Gasteiger partial charge is 0.263 e. The number of aromatic nitrogens is 1. The highest BCUT2D eigenvalue weighted by atomic mass is 32.2. The number of hydrogen-bond donors (Lipinski definition) is 0. The van der Waals surface area contributed by atoms with Crippen LogP contribution in [0.25, 0.3) is 10.2 Å². The van der Waals surface area contributed by atoms with Crippen LogP contribution in [0.1, 0.15) is 31.2 Å². The van der Waals surface area contributed by atoms with Crippen LogP contribution in [0.5, 0.6) is 0 Å². The highest BCUT2D eigenvalue weighted by Crippen LogP contribution is 2.19. The molecule has 0 saturated carbocycles. The minimum atomic E-state index is -3.89. The molecule has 10 heteroatoms. The Morgan fingerprint density at radius 3 is 2.52 bits per heavy atom. The van der Waals surface area contributed by atoms with Gasteiger partial charge in [-0.15, -0.1) is 0 Å². The Balaban J connectivity index is 1.77. The molecule has 1 aliphatic heterocycles. The molecule has 2 heterocycles. The topological polar surface area (TPSA) is 98.0 Å². The van der Waals surface area contributed by atoms with Gasteiger partial charge in [-0.2, -0.15) is 4.99 Å². The third-order valence-electron chi connectivity index (χ3n) is 5.22. The van der Waals surface area contributed by atoms with Gasteiger partial charge in [0, 0.05) is 26.7 Å². The maximum absolute atomic E-state index is 12.5. The number of likely N-dealkylation sites (tertiary alicyclic amines) is 1. The van der Waals surface area contributed by atoms with Crippen molar-refractivity contribution in [3.63, 3.8) is 0 Å². The SMILES string of the molecule is COCCn1c(=NC(=O)CS(=O)(=O)CC(=O)N2CCCCCC2)sc2cc(C)ccc21. The number of nitrogens with zero attached hydrogens (tertiary/aromatic N) is 3. The van der Waals surface area contributed by atoms with Gasteiger partial charge < -0.3 is 14.2 Å². The van der Waals surface area contributed by atoms with Gasteiger partial charge in [-0.1, -0.05) is 30.2 Å². The summed E-state index contributed by atoms with van der Waals surface area (Å²) in [6.07, 6.45) is 3.86. The number of thiazole rings is 1. The molecule has 31 heavy (non-hydrogen) atoms. The standard InChI is InChI=1S/C21H29N3O5S2/c1-16-7-8-17-18(13-16)30-21(24(17)11-12-29-2)22-19(25)14-31(27,28)15-20(26)23-9-5-3-4-6-10-23/h7-8,13H,3-6,9-12,14-15H2,1-2H3. The van der Waals surface area contributed by atoms with E-state index in [1.807, 2.05) is 29.7 Å². The highest BCUT2D eigenvalue weighted by Gasteiger charge is 2.25. The van der Waals surface area contributed by atoms with E-state index in [4.69, 9.17) is 4.74 Å². The molecular formula is C21H29N3O5S2. The Kier molecular flexibility index (Phi) is 8.01. The first-order valence-corrected chi connectivity index (χ1v) is 13.1. The molecule has 0 spiro atoms. The van der Waals surface area contributed by atoms with Gasteiger partial charge in [-0.3, -0.25) is 9.59 Å². The number of ether oxygens (including phenoxy) is 1. The van der Waals surface area contributed by atoms with Crippen molar-refractivity contribution in [2.24, 2.45) is 4.99 Å². The lowest BCUT2D eigenvalue weighted by molar-refractivity contribution is -0.128. The third kappa shape index (κ3) is 6.47. The Bertz CT molecular complexity index is 1110. The van der Waals surface area contributed by atoms with E-state index >= 15 is 0 Å². The van der Waals surface area contributed by atoms with Crippen LogP contribution in [0.4, 0.5) is 0 Å². The summed E-state index contributed by atoms with van der Waals surface area (Å²) < 4.78 is 33.0. The Morgan fingerprint density at radius 1 is 1.13 bits per heavy atom. The Hall–Kier alpha value is -2.04. The van der Waals surface area contributed by atoms with Gasteiger partial charge in [0.1, 0.15) is 11.5 Å². The molecule has 170 valence electrons. The van der Waals surface area contributed by atoms with Crippen molar-refractivity contribution in [1.82, 2.24) is 9.47 Å². The van der Waals surface area contributed by atoms with E-state index in [1.165, 1.54) is 11.3 Å². The van der Waals surface area contributed by atoms with Crippen molar-refractivity contribution in [2.75, 3.05) is 38.3 Å². The Labute approximate surface area is 186 Å². The second-order valence-electron chi connectivity index (χ2n) is 7.83. The largest absolute Gasteiger partial charge is 0.383 e. The van der Waals surface area contributed by atoms with E-state index in [2.05, 4.69) is 4.99 Å². The number of rotatable bonds is 7. The fourth-order valence-electron chi connectivity index (χ4n) is 3.64. The zero-order valence-electron chi connectivity index (χ0n) is 18.0. The molecule has 1 aromatic carbocycles. The molecular weight excluding hydrogens is 438 g/mol. The molecule has 1 aromatic heterocycles. The van der Waals surface area contributed by atoms with E-state index in [0.717, 1.165) is 41.5 Å². The average Bonchev–Trinajstić information content (AvgIpc) is 2.85. The summed E-state index contributed by atoms with van der Waals surface area (Å²) in [5.74, 6) is -2.62. The van der Waals surface area contributed by atoms with Gasteiger partial charge in [-0.05, 0) is 37.5 Å². The van der Waals surface area contributed by atoms with Crippen LogP contribution in [0.2, 0.25) is 0 Å². The van der Waals surface area contributed by atoms with Crippen molar-refractivity contribution in [3.8, 4) is 0 Å². The third-order valence-corrected chi connectivity index (χ3v) is 7.64. The first kappa shape index (κ1) is 23.6. The molecule has 1 fully saturated rings. The van der Waals surface area contributed by atoms with Crippen LogP contribution in [-0.2, 0) is 30.7 Å². The van der Waals surface area contributed by atoms with Crippen LogP contribution < -0.4 is 4.80 Å². The van der Waals surface area contributed by atoms with Gasteiger partial charge >= 0.3 is 0 Å². The first-order chi connectivity index (χ1) is 14.8. The number of hydrogen-bond acceptors (Lipinski definition) is 6. The molecule has 8 nitrogen and oxygen atoms in total. The highest BCUT2D eigenvalue weighted by molar-refractivity contribution is 7.92. The van der Waals surface area contributed by atoms with E-state index in [-0.39, 0.29) is 0 Å². The molecule has 0 bridgehead atoms. The van der Waals surface area contributed by atoms with Crippen molar-refractivity contribution in [3.05, 3.63) is 28.6 Å². The molecule has 0 N–H and O–H groups in total. The Morgan fingerprint density at radius 2 is 1.84 bits per heavy atom. The van der Waals surface area contributed by atoms with Gasteiger partial charge in [0.05, 0.1) is 16.8 Å². The molecule has 1 saturated heterocycles. The molecule has 2 amide bonds. The molecule has 2 aromatic rings. The van der Waals surface area contributed by atoms with Crippen LogP contribution in [0.15, 0.2) is 23.2 Å². The van der Waals surface area contributed by atoms with Crippen molar-refractivity contribution < 1.29 is 22.7 Å². The average molecular weight is 468 g/mol. The van der Waals surface area contributed by atoms with E-state index in [1.54, 1.807) is 12.0 Å². The van der Waals surface area contributed by atoms with Gasteiger partial charge in [0.2, 0.25) is 5.91 Å². The monoisotopic (exact) mass is 467 g/mol. The number of carbonyl (C=O) groups excluding carboxylic acids is 2. The number of aryl methyl sites for hydroxylation is 1. The van der Waals surface area contributed by atoms with Crippen molar-refractivity contribution in [1.29, 1.82) is 0 Å². The molecule has 0 unspecified atom stereocenters. The van der Waals surface area contributed by atoms with E-state index in [9.17, 15) is 18.0 Å². The lowest BCUT2D eigenvalue weighted by atomic mass is 10.2. The molecule has 3 rings (SSSR count). The normalized spacial score (nSPS) is 15.9. The maximum atomic E-state index is 12.5. The van der Waals surface area contributed by atoms with Gasteiger partial charge in [0.15, 0.2) is 14.6 Å². The number of fused-ring (bicyclic) bond motifs is 1. The molecule has 0 radical (unpaired) electrons. The zero-order chi connectivity index (χ0) is 22.4. The van der Waals surface area contributed by atoms with Crippen LogP contribution in [0, 0.1) is 6.92 Å². The summed E-state index contributed by atoms with van der Waals surface area (Å²) in [6, 6.07) is 5.93. The summed E-state index contributed by atoms with van der Waals surface area (Å²) in [7, 11) is -2.30. The fourth-order valence-corrected chi connectivity index (χ4v) is 5.92. The number of amides is 2. The quantitative estimate of drug-likeness (QED) is 0.619. The predicted octanol–water partition coefficient (Wildman–Crippen LogP) is 1.90. The predicted molar refractivity (Wildman–Crippen MR) is 121 cm³/mol. The van der Waals surface area contributed by atoms with E-state index in [0.29, 0.717) is 31.0 Å². The van der Waals surface area contributed by atoms with Crippen LogP contribution in [-0.4, -0.2) is 68.0 Å². The number of methoxy groups -OCH3 is 1. The fraction of sp³-hybridized carbons (Fsp3) is 0.571. The molecule has 0 aliphatic carbocycles. The number of sulfone groups is 1. The van der Waals surface area contributed by atoms with Crippen molar-refractivity contribution >= 4 is 43.2 Å². The van der Waals surface area contributed by atoms with E-state index < -0.39 is 33.2 Å². The minimum absolute atomic E-state index is 0.427. The first-order valence-electron chi connectivity index (χ1n) is 10.4.